The Bertz CT molecular complexity index is 486. The van der Waals surface area contributed by atoms with Crippen molar-refractivity contribution in [3.8, 4) is 0 Å². The molecule has 1 rings (SSSR count). The fourth-order valence-corrected chi connectivity index (χ4v) is 1.83. The summed E-state index contributed by atoms with van der Waals surface area (Å²) in [4.78, 5) is 24.3. The second-order valence-corrected chi connectivity index (χ2v) is 5.63. The van der Waals surface area contributed by atoms with Crippen LogP contribution < -0.4 is 5.32 Å². The Morgan fingerprint density at radius 3 is 2.67 bits per heavy atom. The van der Waals surface area contributed by atoms with Gasteiger partial charge in [0.1, 0.15) is 0 Å². The fraction of sp³-hybridized carbons (Fsp3) is 0.500. The second kappa shape index (κ2) is 8.29. The van der Waals surface area contributed by atoms with Gasteiger partial charge in [0.15, 0.2) is 0 Å². The summed E-state index contributed by atoms with van der Waals surface area (Å²) >= 11 is 0. The molecule has 0 spiro atoms. The van der Waals surface area contributed by atoms with Crippen LogP contribution in [0.15, 0.2) is 24.3 Å². The Hall–Kier alpha value is -2.04. The molecule has 2 amide bonds. The highest BCUT2D eigenvalue weighted by Gasteiger charge is 2.09. The van der Waals surface area contributed by atoms with Gasteiger partial charge in [-0.2, -0.15) is 0 Å². The molecule has 0 unspecified atom stereocenters. The van der Waals surface area contributed by atoms with E-state index in [4.69, 9.17) is 5.11 Å². The summed E-state index contributed by atoms with van der Waals surface area (Å²) in [6.45, 7) is 4.96. The van der Waals surface area contributed by atoms with Crippen molar-refractivity contribution in [2.45, 2.75) is 33.1 Å². The number of rotatable bonds is 7. The van der Waals surface area contributed by atoms with Crippen LogP contribution in [0, 0.1) is 5.92 Å². The number of benzene rings is 1. The lowest BCUT2D eigenvalue weighted by atomic mass is 10.1. The highest BCUT2D eigenvalue weighted by Crippen LogP contribution is 2.13. The Morgan fingerprint density at radius 1 is 1.33 bits per heavy atom. The predicted molar refractivity (Wildman–Crippen MR) is 83.5 cm³/mol. The molecular formula is C16H24N2O3. The minimum atomic E-state index is -0.821. The van der Waals surface area contributed by atoms with Crippen LogP contribution >= 0.6 is 0 Å². The minimum Gasteiger partial charge on any atom is -0.481 e. The number of carboxylic acid groups (broad SMARTS) is 1. The summed E-state index contributed by atoms with van der Waals surface area (Å²) in [6, 6.07) is 7.16. The van der Waals surface area contributed by atoms with Gasteiger partial charge >= 0.3 is 12.0 Å². The van der Waals surface area contributed by atoms with Gasteiger partial charge in [0.25, 0.3) is 0 Å². The number of carbonyl (C=O) groups is 2. The van der Waals surface area contributed by atoms with Gasteiger partial charge in [0.2, 0.25) is 0 Å². The number of amides is 2. The molecule has 21 heavy (non-hydrogen) atoms. The molecule has 1 aromatic carbocycles. The third kappa shape index (κ3) is 6.79. The van der Waals surface area contributed by atoms with E-state index in [0.29, 0.717) is 24.6 Å². The number of hydrogen-bond acceptors (Lipinski definition) is 2. The highest BCUT2D eigenvalue weighted by atomic mass is 16.4. The zero-order valence-electron chi connectivity index (χ0n) is 12.9. The van der Waals surface area contributed by atoms with Gasteiger partial charge in [-0.1, -0.05) is 26.0 Å². The van der Waals surface area contributed by atoms with E-state index in [-0.39, 0.29) is 12.5 Å². The molecule has 0 bridgehead atoms. The first-order valence-corrected chi connectivity index (χ1v) is 7.21. The van der Waals surface area contributed by atoms with Crippen LogP contribution in [0.5, 0.6) is 0 Å². The normalized spacial score (nSPS) is 10.5. The molecule has 116 valence electrons. The number of urea groups is 1. The number of nitrogens with one attached hydrogen (secondary N) is 1. The minimum absolute atomic E-state index is 0.0890. The summed E-state index contributed by atoms with van der Waals surface area (Å²) < 4.78 is 0. The number of aryl methyl sites for hydroxylation is 1. The van der Waals surface area contributed by atoms with E-state index in [9.17, 15) is 9.59 Å². The Morgan fingerprint density at radius 2 is 2.05 bits per heavy atom. The van der Waals surface area contributed by atoms with E-state index in [1.807, 2.05) is 18.2 Å². The first-order chi connectivity index (χ1) is 9.88. The van der Waals surface area contributed by atoms with Gasteiger partial charge in [-0.05, 0) is 36.5 Å². The van der Waals surface area contributed by atoms with Crippen molar-refractivity contribution in [2.24, 2.45) is 5.92 Å². The average molecular weight is 292 g/mol. The van der Waals surface area contributed by atoms with Crippen molar-refractivity contribution >= 4 is 17.7 Å². The third-order valence-electron chi connectivity index (χ3n) is 3.19. The van der Waals surface area contributed by atoms with Crippen LogP contribution in [0.25, 0.3) is 0 Å². The lowest BCUT2D eigenvalue weighted by Crippen LogP contribution is -2.32. The van der Waals surface area contributed by atoms with Crippen molar-refractivity contribution < 1.29 is 14.7 Å². The summed E-state index contributed by atoms with van der Waals surface area (Å²) in [5.74, 6) is -0.266. The molecular weight excluding hydrogens is 268 g/mol. The number of nitrogens with zero attached hydrogens (tertiary/aromatic N) is 1. The molecule has 5 heteroatoms. The van der Waals surface area contributed by atoms with Gasteiger partial charge in [-0.3, -0.25) is 4.79 Å². The summed E-state index contributed by atoms with van der Waals surface area (Å²) in [5, 5.41) is 11.5. The lowest BCUT2D eigenvalue weighted by molar-refractivity contribution is -0.136. The highest BCUT2D eigenvalue weighted by molar-refractivity contribution is 5.89. The Kier molecular flexibility index (Phi) is 6.72. The number of anilines is 1. The van der Waals surface area contributed by atoms with Crippen molar-refractivity contribution in [1.29, 1.82) is 0 Å². The summed E-state index contributed by atoms with van der Waals surface area (Å²) in [6.07, 6.45) is 1.51. The fourth-order valence-electron chi connectivity index (χ4n) is 1.83. The first-order valence-electron chi connectivity index (χ1n) is 7.21. The maximum absolute atomic E-state index is 12.0. The van der Waals surface area contributed by atoms with Gasteiger partial charge in [0.05, 0.1) is 0 Å². The first kappa shape index (κ1) is 17.0. The van der Waals surface area contributed by atoms with E-state index < -0.39 is 5.97 Å². The smallest absolute Gasteiger partial charge is 0.321 e. The van der Waals surface area contributed by atoms with Crippen LogP contribution in [0.2, 0.25) is 0 Å². The van der Waals surface area contributed by atoms with E-state index in [0.717, 1.165) is 12.0 Å². The molecule has 0 radical (unpaired) electrons. The molecule has 0 aliphatic heterocycles. The molecule has 0 heterocycles. The standard InChI is InChI=1S/C16H24N2O3/c1-12(2)9-10-18(3)16(21)17-14-6-4-5-13(11-14)7-8-15(19)20/h4-6,11-12H,7-10H2,1-3H3,(H,17,21)(H,19,20). The van der Waals surface area contributed by atoms with Crippen LogP contribution in [-0.2, 0) is 11.2 Å². The molecule has 0 aliphatic rings. The number of hydrogen-bond donors (Lipinski definition) is 2. The predicted octanol–water partition coefficient (Wildman–Crippen LogP) is 3.21. The topological polar surface area (TPSA) is 69.6 Å². The van der Waals surface area contributed by atoms with Crippen LogP contribution in [-0.4, -0.2) is 35.6 Å². The van der Waals surface area contributed by atoms with Gasteiger partial charge in [-0.25, -0.2) is 4.79 Å². The van der Waals surface area contributed by atoms with Crippen LogP contribution in [0.4, 0.5) is 10.5 Å². The monoisotopic (exact) mass is 292 g/mol. The van der Waals surface area contributed by atoms with Crippen LogP contribution in [0.3, 0.4) is 0 Å². The Balaban J connectivity index is 2.55. The third-order valence-corrected chi connectivity index (χ3v) is 3.19. The van der Waals surface area contributed by atoms with Gasteiger partial charge in [-0.15, -0.1) is 0 Å². The summed E-state index contributed by atoms with van der Waals surface area (Å²) in [5.41, 5.74) is 1.60. The molecule has 0 saturated heterocycles. The van der Waals surface area contributed by atoms with Crippen molar-refractivity contribution in [3.05, 3.63) is 29.8 Å². The molecule has 0 atom stereocenters. The van der Waals surface area contributed by atoms with Crippen molar-refractivity contribution in [3.63, 3.8) is 0 Å². The average Bonchev–Trinajstić information content (AvgIpc) is 2.42. The van der Waals surface area contributed by atoms with E-state index in [1.165, 1.54) is 0 Å². The van der Waals surface area contributed by atoms with Crippen molar-refractivity contribution in [1.82, 2.24) is 4.90 Å². The maximum atomic E-state index is 12.0. The SMILES string of the molecule is CC(C)CCN(C)C(=O)Nc1cccc(CCC(=O)O)c1. The molecule has 0 aliphatic carbocycles. The molecule has 0 fully saturated rings. The van der Waals surface area contributed by atoms with Crippen LogP contribution in [0.1, 0.15) is 32.3 Å². The maximum Gasteiger partial charge on any atom is 0.321 e. The largest absolute Gasteiger partial charge is 0.481 e. The zero-order valence-corrected chi connectivity index (χ0v) is 12.9. The molecule has 1 aromatic rings. The van der Waals surface area contributed by atoms with Gasteiger partial charge < -0.3 is 15.3 Å². The molecule has 0 aromatic heterocycles. The molecule has 5 nitrogen and oxygen atoms in total. The zero-order chi connectivity index (χ0) is 15.8. The second-order valence-electron chi connectivity index (χ2n) is 5.63. The quantitative estimate of drug-likeness (QED) is 0.810. The lowest BCUT2D eigenvalue weighted by Gasteiger charge is -2.19. The van der Waals surface area contributed by atoms with E-state index >= 15 is 0 Å². The Labute approximate surface area is 126 Å². The molecule has 0 saturated carbocycles. The van der Waals surface area contributed by atoms with Crippen molar-refractivity contribution in [2.75, 3.05) is 18.9 Å². The number of carbonyl (C=O) groups excluding carboxylic acids is 1. The van der Waals surface area contributed by atoms with Gasteiger partial charge in [0, 0.05) is 25.7 Å². The molecule has 2 N–H and O–H groups in total. The number of aliphatic carboxylic acids is 1. The number of carboxylic acids is 1. The van der Waals surface area contributed by atoms with E-state index in [1.54, 1.807) is 18.0 Å². The summed E-state index contributed by atoms with van der Waals surface area (Å²) in [7, 11) is 1.77. The van der Waals surface area contributed by atoms with E-state index in [2.05, 4.69) is 19.2 Å².